The molecule has 0 unspecified atom stereocenters. The minimum atomic E-state index is 0.134. The lowest BCUT2D eigenvalue weighted by Gasteiger charge is -2.32. The van der Waals surface area contributed by atoms with Crippen molar-refractivity contribution in [3.05, 3.63) is 36.7 Å². The smallest absolute Gasteiger partial charge is 0.236 e. The topological polar surface area (TPSA) is 87.1 Å². The fourth-order valence-electron chi connectivity index (χ4n) is 2.93. The predicted octanol–water partition coefficient (Wildman–Crippen LogP) is 1.28. The van der Waals surface area contributed by atoms with E-state index in [0.29, 0.717) is 18.4 Å². The lowest BCUT2D eigenvalue weighted by atomic mass is 9.94. The van der Waals surface area contributed by atoms with Crippen molar-refractivity contribution in [2.75, 3.05) is 39.0 Å². The largest absolute Gasteiger partial charge is 0.348 e. The number of carbonyl (C=O) groups excluding carboxylic acids is 1. The molecular weight excluding hydrogens is 318 g/mol. The molecule has 0 aliphatic carbocycles. The molecule has 0 radical (unpaired) electrons. The van der Waals surface area contributed by atoms with Gasteiger partial charge in [-0.05, 0) is 25.5 Å². The molecule has 3 heterocycles. The molecule has 8 heteroatoms. The summed E-state index contributed by atoms with van der Waals surface area (Å²) in [6.07, 6.45) is 8.73. The molecular formula is C17H23N7O. The monoisotopic (exact) mass is 341 g/mol. The van der Waals surface area contributed by atoms with Gasteiger partial charge in [0.2, 0.25) is 11.9 Å². The summed E-state index contributed by atoms with van der Waals surface area (Å²) >= 11 is 0. The summed E-state index contributed by atoms with van der Waals surface area (Å²) in [5, 5.41) is 3.12. The second-order valence-corrected chi connectivity index (χ2v) is 6.42. The van der Waals surface area contributed by atoms with Crippen LogP contribution in [0.5, 0.6) is 0 Å². The van der Waals surface area contributed by atoms with Gasteiger partial charge in [0.05, 0.1) is 30.3 Å². The first-order valence-electron chi connectivity index (χ1n) is 8.39. The van der Waals surface area contributed by atoms with Gasteiger partial charge in [0.15, 0.2) is 0 Å². The average Bonchev–Trinajstić information content (AvgIpc) is 2.63. The van der Waals surface area contributed by atoms with Crippen LogP contribution in [0.3, 0.4) is 0 Å². The summed E-state index contributed by atoms with van der Waals surface area (Å²) < 4.78 is 0. The van der Waals surface area contributed by atoms with Crippen LogP contribution >= 0.6 is 0 Å². The molecule has 25 heavy (non-hydrogen) atoms. The number of rotatable bonds is 5. The Balaban J connectivity index is 1.67. The molecule has 1 N–H and O–H groups in total. The van der Waals surface area contributed by atoms with Crippen molar-refractivity contribution in [2.24, 2.45) is 0 Å². The van der Waals surface area contributed by atoms with Crippen LogP contribution in [0.15, 0.2) is 31.0 Å². The molecule has 8 nitrogen and oxygen atoms in total. The number of amides is 1. The summed E-state index contributed by atoms with van der Waals surface area (Å²) in [6, 6.07) is 1.95. The van der Waals surface area contributed by atoms with E-state index in [1.54, 1.807) is 37.6 Å². The molecule has 1 aliphatic heterocycles. The van der Waals surface area contributed by atoms with Crippen LogP contribution in [0.4, 0.5) is 11.6 Å². The van der Waals surface area contributed by atoms with Crippen molar-refractivity contribution >= 4 is 17.5 Å². The van der Waals surface area contributed by atoms with Gasteiger partial charge in [0, 0.05) is 32.8 Å². The number of hydrogen-bond acceptors (Lipinski definition) is 7. The highest BCUT2D eigenvalue weighted by Gasteiger charge is 2.24. The van der Waals surface area contributed by atoms with E-state index in [1.807, 2.05) is 6.07 Å². The van der Waals surface area contributed by atoms with E-state index < -0.39 is 0 Å². The molecule has 1 saturated heterocycles. The molecule has 0 saturated carbocycles. The minimum Gasteiger partial charge on any atom is -0.348 e. The van der Waals surface area contributed by atoms with Crippen LogP contribution in [-0.2, 0) is 4.79 Å². The normalized spacial score (nSPS) is 17.9. The zero-order valence-corrected chi connectivity index (χ0v) is 14.6. The number of nitrogens with one attached hydrogen (secondary N) is 1. The Morgan fingerprint density at radius 1 is 1.36 bits per heavy atom. The SMILES string of the molecule is CN(C)C(=O)CN1CCC[C@@H](c2ccnc(Nc3cncnc3)n2)C1. The second kappa shape index (κ2) is 7.98. The van der Waals surface area contributed by atoms with Gasteiger partial charge < -0.3 is 10.2 Å². The van der Waals surface area contributed by atoms with Gasteiger partial charge >= 0.3 is 0 Å². The van der Waals surface area contributed by atoms with Gasteiger partial charge in [0.25, 0.3) is 0 Å². The summed E-state index contributed by atoms with van der Waals surface area (Å²) in [5.41, 5.74) is 1.75. The van der Waals surface area contributed by atoms with Gasteiger partial charge in [-0.15, -0.1) is 0 Å². The molecule has 2 aromatic heterocycles. The van der Waals surface area contributed by atoms with E-state index in [9.17, 15) is 4.79 Å². The third kappa shape index (κ3) is 4.69. The first kappa shape index (κ1) is 17.2. The summed E-state index contributed by atoms with van der Waals surface area (Å²) in [7, 11) is 3.58. The van der Waals surface area contributed by atoms with Crippen molar-refractivity contribution in [1.29, 1.82) is 0 Å². The van der Waals surface area contributed by atoms with Crippen LogP contribution in [-0.4, -0.2) is 69.4 Å². The zero-order chi connectivity index (χ0) is 17.6. The highest BCUT2D eigenvalue weighted by Crippen LogP contribution is 2.26. The Labute approximate surface area is 147 Å². The third-order valence-corrected chi connectivity index (χ3v) is 4.28. The van der Waals surface area contributed by atoms with Crippen LogP contribution in [0.25, 0.3) is 0 Å². The molecule has 0 aromatic carbocycles. The van der Waals surface area contributed by atoms with Crippen molar-refractivity contribution in [3.8, 4) is 0 Å². The molecule has 1 amide bonds. The quantitative estimate of drug-likeness (QED) is 0.876. The third-order valence-electron chi connectivity index (χ3n) is 4.28. The van der Waals surface area contributed by atoms with E-state index in [1.165, 1.54) is 6.33 Å². The maximum Gasteiger partial charge on any atom is 0.236 e. The molecule has 3 rings (SSSR count). The number of hydrogen-bond donors (Lipinski definition) is 1. The average molecular weight is 341 g/mol. The Morgan fingerprint density at radius 3 is 2.92 bits per heavy atom. The molecule has 1 atom stereocenters. The maximum atomic E-state index is 11.9. The lowest BCUT2D eigenvalue weighted by Crippen LogP contribution is -2.41. The van der Waals surface area contributed by atoms with Crippen molar-refractivity contribution < 1.29 is 4.79 Å². The van der Waals surface area contributed by atoms with Gasteiger partial charge in [-0.3, -0.25) is 9.69 Å². The van der Waals surface area contributed by atoms with E-state index in [4.69, 9.17) is 0 Å². The zero-order valence-electron chi connectivity index (χ0n) is 14.6. The summed E-state index contributed by atoms with van der Waals surface area (Å²) in [4.78, 5) is 32.6. The fourth-order valence-corrected chi connectivity index (χ4v) is 2.93. The number of likely N-dealkylation sites (tertiary alicyclic amines) is 1. The first-order chi connectivity index (χ1) is 12.1. The first-order valence-corrected chi connectivity index (χ1v) is 8.39. The molecule has 2 aromatic rings. The number of piperidine rings is 1. The van der Waals surface area contributed by atoms with E-state index in [2.05, 4.69) is 30.2 Å². The van der Waals surface area contributed by atoms with E-state index >= 15 is 0 Å². The van der Waals surface area contributed by atoms with Crippen molar-refractivity contribution in [3.63, 3.8) is 0 Å². The van der Waals surface area contributed by atoms with E-state index in [-0.39, 0.29) is 5.91 Å². The van der Waals surface area contributed by atoms with Crippen LogP contribution in [0, 0.1) is 0 Å². The predicted molar refractivity (Wildman–Crippen MR) is 94.5 cm³/mol. The number of anilines is 2. The number of carbonyl (C=O) groups is 1. The van der Waals surface area contributed by atoms with Crippen LogP contribution < -0.4 is 5.32 Å². The van der Waals surface area contributed by atoms with Gasteiger partial charge in [0.1, 0.15) is 6.33 Å². The summed E-state index contributed by atoms with van der Waals surface area (Å²) in [6.45, 7) is 2.25. The molecule has 132 valence electrons. The second-order valence-electron chi connectivity index (χ2n) is 6.42. The molecule has 1 fully saturated rings. The molecule has 0 bridgehead atoms. The number of aromatic nitrogens is 4. The van der Waals surface area contributed by atoms with Gasteiger partial charge in [-0.2, -0.15) is 0 Å². The van der Waals surface area contributed by atoms with Gasteiger partial charge in [-0.1, -0.05) is 0 Å². The van der Waals surface area contributed by atoms with Crippen LogP contribution in [0.1, 0.15) is 24.5 Å². The standard InChI is InChI=1S/C17H23N7O/c1-23(2)16(25)11-24-7-3-4-13(10-24)15-5-6-20-17(22-15)21-14-8-18-12-19-9-14/h5-6,8-9,12-13H,3-4,7,10-11H2,1-2H3,(H,20,21,22)/t13-/m1/s1. The van der Waals surface area contributed by atoms with Crippen molar-refractivity contribution in [1.82, 2.24) is 29.7 Å². The molecule has 1 aliphatic rings. The Hall–Kier alpha value is -2.61. The summed E-state index contributed by atoms with van der Waals surface area (Å²) in [5.74, 6) is 0.975. The fraction of sp³-hybridized carbons (Fsp3) is 0.471. The Kier molecular flexibility index (Phi) is 5.49. The van der Waals surface area contributed by atoms with E-state index in [0.717, 1.165) is 37.3 Å². The number of likely N-dealkylation sites (N-methyl/N-ethyl adjacent to an activating group) is 1. The minimum absolute atomic E-state index is 0.134. The van der Waals surface area contributed by atoms with Crippen molar-refractivity contribution in [2.45, 2.75) is 18.8 Å². The highest BCUT2D eigenvalue weighted by atomic mass is 16.2. The highest BCUT2D eigenvalue weighted by molar-refractivity contribution is 5.77. The van der Waals surface area contributed by atoms with Gasteiger partial charge in [-0.25, -0.2) is 19.9 Å². The van der Waals surface area contributed by atoms with Crippen LogP contribution in [0.2, 0.25) is 0 Å². The number of nitrogens with zero attached hydrogens (tertiary/aromatic N) is 6. The molecule has 0 spiro atoms. The Bertz CT molecular complexity index is 707. The Morgan fingerprint density at radius 2 is 2.16 bits per heavy atom. The maximum absolute atomic E-state index is 11.9. The lowest BCUT2D eigenvalue weighted by molar-refractivity contribution is -0.130.